The third-order valence-corrected chi connectivity index (χ3v) is 3.25. The van der Waals surface area contributed by atoms with E-state index in [0.29, 0.717) is 0 Å². The van der Waals surface area contributed by atoms with Gasteiger partial charge in [-0.2, -0.15) is 0 Å². The van der Waals surface area contributed by atoms with Gasteiger partial charge in [-0.25, -0.2) is 0 Å². The summed E-state index contributed by atoms with van der Waals surface area (Å²) in [6, 6.07) is 6.62. The Kier molecular flexibility index (Phi) is 2.47. The number of anilines is 1. The zero-order valence-corrected chi connectivity index (χ0v) is 9.67. The normalized spacial score (nSPS) is 29.7. The number of aryl methyl sites for hydroxylation is 2. The SMILES string of the molecule is Cc1cc(C)cc(N[C@H]2CC[C@]2(C)O)c1. The Morgan fingerprint density at radius 2 is 1.87 bits per heavy atom. The average molecular weight is 205 g/mol. The van der Waals surface area contributed by atoms with Crippen LogP contribution in [0.25, 0.3) is 0 Å². The van der Waals surface area contributed by atoms with Crippen LogP contribution in [0.2, 0.25) is 0 Å². The molecule has 15 heavy (non-hydrogen) atoms. The molecule has 0 aromatic heterocycles. The van der Waals surface area contributed by atoms with Crippen LogP contribution < -0.4 is 5.32 Å². The van der Waals surface area contributed by atoms with Crippen molar-refractivity contribution in [1.29, 1.82) is 0 Å². The van der Waals surface area contributed by atoms with E-state index in [1.165, 1.54) is 11.1 Å². The predicted molar refractivity (Wildman–Crippen MR) is 63.2 cm³/mol. The van der Waals surface area contributed by atoms with Crippen molar-refractivity contribution >= 4 is 5.69 Å². The molecule has 0 bridgehead atoms. The maximum atomic E-state index is 9.91. The molecule has 1 aromatic rings. The second-order valence-corrected chi connectivity index (χ2v) is 4.97. The van der Waals surface area contributed by atoms with Gasteiger partial charge in [-0.05, 0) is 56.9 Å². The summed E-state index contributed by atoms with van der Waals surface area (Å²) in [6.45, 7) is 6.09. The van der Waals surface area contributed by atoms with Crippen molar-refractivity contribution in [2.75, 3.05) is 5.32 Å². The molecule has 2 atom stereocenters. The van der Waals surface area contributed by atoms with E-state index in [2.05, 4.69) is 37.4 Å². The monoisotopic (exact) mass is 205 g/mol. The van der Waals surface area contributed by atoms with E-state index in [9.17, 15) is 5.11 Å². The number of rotatable bonds is 2. The van der Waals surface area contributed by atoms with Crippen LogP contribution in [0.15, 0.2) is 18.2 Å². The summed E-state index contributed by atoms with van der Waals surface area (Å²) in [5.41, 5.74) is 3.11. The lowest BCUT2D eigenvalue weighted by molar-refractivity contribution is -0.0286. The molecule has 0 spiro atoms. The molecule has 0 unspecified atom stereocenters. The molecule has 2 rings (SSSR count). The molecule has 1 saturated carbocycles. The highest BCUT2D eigenvalue weighted by atomic mass is 16.3. The number of benzene rings is 1. The average Bonchev–Trinajstić information content (AvgIpc) is 2.11. The minimum absolute atomic E-state index is 0.207. The Hall–Kier alpha value is -1.02. The van der Waals surface area contributed by atoms with Crippen LogP contribution in [0.1, 0.15) is 30.9 Å². The number of nitrogens with one attached hydrogen (secondary N) is 1. The van der Waals surface area contributed by atoms with E-state index >= 15 is 0 Å². The van der Waals surface area contributed by atoms with Crippen LogP contribution in [0.5, 0.6) is 0 Å². The molecule has 1 aromatic carbocycles. The molecule has 1 aliphatic rings. The standard InChI is InChI=1S/C13H19NO/c1-9-6-10(2)8-11(7-9)14-12-4-5-13(12,3)15/h6-8,12,14-15H,4-5H2,1-3H3/t12-,13-/m0/s1. The maximum absolute atomic E-state index is 9.91. The molecule has 1 fully saturated rings. The topological polar surface area (TPSA) is 32.3 Å². The molecule has 82 valence electrons. The summed E-state index contributed by atoms with van der Waals surface area (Å²) in [4.78, 5) is 0. The van der Waals surface area contributed by atoms with Gasteiger partial charge in [0.1, 0.15) is 0 Å². The van der Waals surface area contributed by atoms with Crippen molar-refractivity contribution in [2.45, 2.75) is 45.3 Å². The molecule has 0 saturated heterocycles. The van der Waals surface area contributed by atoms with Crippen LogP contribution in [0.4, 0.5) is 5.69 Å². The van der Waals surface area contributed by atoms with Gasteiger partial charge in [0, 0.05) is 5.69 Å². The quantitative estimate of drug-likeness (QED) is 0.778. The fourth-order valence-corrected chi connectivity index (χ4v) is 2.19. The Morgan fingerprint density at radius 1 is 1.27 bits per heavy atom. The first-order valence-electron chi connectivity index (χ1n) is 5.54. The molecule has 0 amide bonds. The molecule has 2 N–H and O–H groups in total. The van der Waals surface area contributed by atoms with Crippen LogP contribution in [-0.4, -0.2) is 16.7 Å². The summed E-state index contributed by atoms with van der Waals surface area (Å²) in [7, 11) is 0. The van der Waals surface area contributed by atoms with Gasteiger partial charge in [0.05, 0.1) is 11.6 Å². The van der Waals surface area contributed by atoms with Crippen molar-refractivity contribution in [3.8, 4) is 0 Å². The molecular weight excluding hydrogens is 186 g/mol. The minimum Gasteiger partial charge on any atom is -0.388 e. The van der Waals surface area contributed by atoms with Crippen LogP contribution in [0, 0.1) is 13.8 Å². The first-order valence-corrected chi connectivity index (χ1v) is 5.54. The van der Waals surface area contributed by atoms with Gasteiger partial charge in [0.15, 0.2) is 0 Å². The van der Waals surface area contributed by atoms with E-state index in [4.69, 9.17) is 0 Å². The van der Waals surface area contributed by atoms with Gasteiger partial charge in [-0.1, -0.05) is 6.07 Å². The van der Waals surface area contributed by atoms with E-state index in [1.807, 2.05) is 6.92 Å². The third-order valence-electron chi connectivity index (χ3n) is 3.25. The highest BCUT2D eigenvalue weighted by molar-refractivity contribution is 5.50. The van der Waals surface area contributed by atoms with Crippen molar-refractivity contribution in [3.05, 3.63) is 29.3 Å². The first kappa shape index (κ1) is 10.5. The van der Waals surface area contributed by atoms with Crippen LogP contribution in [-0.2, 0) is 0 Å². The molecule has 0 heterocycles. The highest BCUT2D eigenvalue weighted by Gasteiger charge is 2.40. The van der Waals surface area contributed by atoms with E-state index in [-0.39, 0.29) is 6.04 Å². The minimum atomic E-state index is -0.530. The van der Waals surface area contributed by atoms with Gasteiger partial charge in [-0.3, -0.25) is 0 Å². The fraction of sp³-hybridized carbons (Fsp3) is 0.538. The number of hydrogen-bond acceptors (Lipinski definition) is 2. The summed E-state index contributed by atoms with van der Waals surface area (Å²) in [6.07, 6.45) is 1.95. The second-order valence-electron chi connectivity index (χ2n) is 4.97. The van der Waals surface area contributed by atoms with E-state index < -0.39 is 5.60 Å². The molecular formula is C13H19NO. The summed E-state index contributed by atoms with van der Waals surface area (Å²) < 4.78 is 0. The Morgan fingerprint density at radius 3 is 2.27 bits per heavy atom. The Balaban J connectivity index is 2.11. The first-order chi connectivity index (χ1) is 6.97. The van der Waals surface area contributed by atoms with Gasteiger partial charge in [-0.15, -0.1) is 0 Å². The fourth-order valence-electron chi connectivity index (χ4n) is 2.19. The Labute approximate surface area is 91.3 Å². The molecule has 0 radical (unpaired) electrons. The lowest BCUT2D eigenvalue weighted by Gasteiger charge is -2.43. The Bertz CT molecular complexity index is 351. The number of hydrogen-bond donors (Lipinski definition) is 2. The maximum Gasteiger partial charge on any atom is 0.0820 e. The van der Waals surface area contributed by atoms with Crippen LogP contribution >= 0.6 is 0 Å². The van der Waals surface area contributed by atoms with Crippen LogP contribution in [0.3, 0.4) is 0 Å². The van der Waals surface area contributed by atoms with Gasteiger partial charge < -0.3 is 10.4 Å². The second kappa shape index (κ2) is 3.53. The largest absolute Gasteiger partial charge is 0.388 e. The van der Waals surface area contributed by atoms with Gasteiger partial charge in [0.2, 0.25) is 0 Å². The summed E-state index contributed by atoms with van der Waals surface area (Å²) >= 11 is 0. The van der Waals surface area contributed by atoms with Gasteiger partial charge >= 0.3 is 0 Å². The lowest BCUT2D eigenvalue weighted by atomic mass is 9.76. The van der Waals surface area contributed by atoms with Crippen molar-refractivity contribution in [1.82, 2.24) is 0 Å². The smallest absolute Gasteiger partial charge is 0.0820 e. The van der Waals surface area contributed by atoms with Crippen molar-refractivity contribution in [3.63, 3.8) is 0 Å². The third kappa shape index (κ3) is 2.15. The highest BCUT2D eigenvalue weighted by Crippen LogP contribution is 2.34. The van der Waals surface area contributed by atoms with Crippen molar-refractivity contribution < 1.29 is 5.11 Å². The van der Waals surface area contributed by atoms with Crippen molar-refractivity contribution in [2.24, 2.45) is 0 Å². The van der Waals surface area contributed by atoms with Gasteiger partial charge in [0.25, 0.3) is 0 Å². The molecule has 2 nitrogen and oxygen atoms in total. The molecule has 2 heteroatoms. The zero-order chi connectivity index (χ0) is 11.1. The summed E-state index contributed by atoms with van der Waals surface area (Å²) in [5, 5.41) is 13.3. The zero-order valence-electron chi connectivity index (χ0n) is 9.67. The molecule has 0 aliphatic heterocycles. The lowest BCUT2D eigenvalue weighted by Crippen LogP contribution is -2.53. The molecule has 1 aliphatic carbocycles. The summed E-state index contributed by atoms with van der Waals surface area (Å²) in [5.74, 6) is 0. The predicted octanol–water partition coefficient (Wildman–Crippen LogP) is 2.63. The number of aliphatic hydroxyl groups is 1. The van der Waals surface area contributed by atoms with E-state index in [0.717, 1.165) is 18.5 Å². The van der Waals surface area contributed by atoms with E-state index in [1.54, 1.807) is 0 Å².